The molecular formula is C24H20N4O3. The first kappa shape index (κ1) is 20.0. The van der Waals surface area contributed by atoms with E-state index in [1.165, 1.54) is 0 Å². The van der Waals surface area contributed by atoms with Crippen LogP contribution in [0.15, 0.2) is 89.1 Å². The van der Waals surface area contributed by atoms with E-state index in [0.717, 1.165) is 16.6 Å². The number of rotatable bonds is 4. The van der Waals surface area contributed by atoms with Crippen LogP contribution in [-0.4, -0.2) is 21.5 Å². The van der Waals surface area contributed by atoms with Crippen molar-refractivity contribution >= 4 is 34.1 Å². The molecule has 0 spiro atoms. The van der Waals surface area contributed by atoms with Gasteiger partial charge in [0.15, 0.2) is 5.69 Å². The summed E-state index contributed by atoms with van der Waals surface area (Å²) in [5.41, 5.74) is 3.40. The largest absolute Gasteiger partial charge is 0.493 e. The molecule has 7 heteroatoms. The van der Waals surface area contributed by atoms with Crippen LogP contribution in [0.4, 0.5) is 11.4 Å². The molecular weight excluding hydrogens is 392 g/mol. The first-order valence-electron chi connectivity index (χ1n) is 9.71. The number of nitrogens with one attached hydrogen (secondary N) is 1. The molecule has 0 bridgehead atoms. The van der Waals surface area contributed by atoms with Crippen molar-refractivity contribution in [2.45, 2.75) is 13.5 Å². The van der Waals surface area contributed by atoms with E-state index >= 15 is 0 Å². The lowest BCUT2D eigenvalue weighted by molar-refractivity contribution is -0.134. The van der Waals surface area contributed by atoms with Gasteiger partial charge in [0.05, 0.1) is 12.1 Å². The average Bonchev–Trinajstić information content (AvgIpc) is 3.05. The molecule has 7 nitrogen and oxygen atoms in total. The number of azo groups is 1. The summed E-state index contributed by atoms with van der Waals surface area (Å²) >= 11 is 0. The highest BCUT2D eigenvalue weighted by atomic mass is 16.3. The number of anilines is 1. The quantitative estimate of drug-likeness (QED) is 0.366. The molecule has 0 aliphatic rings. The van der Waals surface area contributed by atoms with Crippen LogP contribution in [0.5, 0.6) is 5.88 Å². The molecule has 154 valence electrons. The minimum Gasteiger partial charge on any atom is -0.493 e. The standard InChI is InChI=1S/C24H20N4O3/c1-16-11-13-18(14-12-16)25-22(29)23(30)27-26-21-19-9-5-6-10-20(19)28(24(21)31)15-17-7-3-2-4-8-17/h2-14,31H,15H2,1H3,(H,25,29). The molecule has 4 aromatic rings. The molecule has 3 aromatic carbocycles. The van der Waals surface area contributed by atoms with E-state index in [0.29, 0.717) is 17.6 Å². The second-order valence-electron chi connectivity index (χ2n) is 7.09. The van der Waals surface area contributed by atoms with Crippen molar-refractivity contribution in [3.63, 3.8) is 0 Å². The fourth-order valence-corrected chi connectivity index (χ4v) is 3.26. The summed E-state index contributed by atoms with van der Waals surface area (Å²) in [5.74, 6) is -2.08. The fourth-order valence-electron chi connectivity index (χ4n) is 3.26. The molecule has 2 N–H and O–H groups in total. The van der Waals surface area contributed by atoms with E-state index in [4.69, 9.17) is 0 Å². The lowest BCUT2D eigenvalue weighted by Gasteiger charge is -2.06. The first-order valence-corrected chi connectivity index (χ1v) is 9.71. The van der Waals surface area contributed by atoms with Gasteiger partial charge in [-0.1, -0.05) is 66.2 Å². The van der Waals surface area contributed by atoms with Gasteiger partial charge in [-0.3, -0.25) is 9.59 Å². The zero-order valence-corrected chi connectivity index (χ0v) is 16.8. The first-order chi connectivity index (χ1) is 15.0. The third kappa shape index (κ3) is 4.35. The number of amides is 2. The van der Waals surface area contributed by atoms with Crippen LogP contribution in [0.25, 0.3) is 10.9 Å². The number of carbonyl (C=O) groups excluding carboxylic acids is 2. The molecule has 1 aromatic heterocycles. The minimum atomic E-state index is -1.06. The number of para-hydroxylation sites is 1. The van der Waals surface area contributed by atoms with E-state index in [-0.39, 0.29) is 11.6 Å². The Hall–Kier alpha value is -4.26. The molecule has 4 rings (SSSR count). The monoisotopic (exact) mass is 412 g/mol. The molecule has 0 aliphatic carbocycles. The highest BCUT2D eigenvalue weighted by Gasteiger charge is 2.18. The van der Waals surface area contributed by atoms with Gasteiger partial charge >= 0.3 is 11.8 Å². The van der Waals surface area contributed by atoms with Crippen LogP contribution in [0.3, 0.4) is 0 Å². The van der Waals surface area contributed by atoms with E-state index < -0.39 is 11.8 Å². The van der Waals surface area contributed by atoms with Gasteiger partial charge < -0.3 is 15.0 Å². The predicted octanol–water partition coefficient (Wildman–Crippen LogP) is 4.95. The number of carbonyl (C=O) groups is 2. The highest BCUT2D eigenvalue weighted by molar-refractivity contribution is 6.40. The van der Waals surface area contributed by atoms with Gasteiger partial charge in [-0.15, -0.1) is 10.2 Å². The highest BCUT2D eigenvalue weighted by Crippen LogP contribution is 2.39. The van der Waals surface area contributed by atoms with Gasteiger partial charge in [-0.05, 0) is 30.7 Å². The van der Waals surface area contributed by atoms with Gasteiger partial charge in [0.2, 0.25) is 5.88 Å². The van der Waals surface area contributed by atoms with Crippen molar-refractivity contribution in [2.24, 2.45) is 10.2 Å². The zero-order valence-electron chi connectivity index (χ0n) is 16.8. The maximum Gasteiger partial charge on any atom is 0.353 e. The Balaban J connectivity index is 1.59. The van der Waals surface area contributed by atoms with Crippen LogP contribution < -0.4 is 5.32 Å². The summed E-state index contributed by atoms with van der Waals surface area (Å²) in [6.07, 6.45) is 0. The van der Waals surface area contributed by atoms with Crippen molar-refractivity contribution in [1.29, 1.82) is 0 Å². The second kappa shape index (κ2) is 8.62. The second-order valence-corrected chi connectivity index (χ2v) is 7.09. The summed E-state index contributed by atoms with van der Waals surface area (Å²) < 4.78 is 1.69. The Labute approximate surface area is 178 Å². The van der Waals surface area contributed by atoms with Crippen LogP contribution in [-0.2, 0) is 16.1 Å². The normalized spacial score (nSPS) is 11.1. The van der Waals surface area contributed by atoms with Crippen molar-refractivity contribution in [3.05, 3.63) is 90.0 Å². The SMILES string of the molecule is Cc1ccc(NC(=O)C(=O)N=Nc2c(O)n(Cc3ccccc3)c3ccccc23)cc1. The van der Waals surface area contributed by atoms with Gasteiger partial charge in [-0.2, -0.15) is 0 Å². The summed E-state index contributed by atoms with van der Waals surface area (Å²) in [7, 11) is 0. The summed E-state index contributed by atoms with van der Waals surface area (Å²) in [4.78, 5) is 24.3. The number of hydrogen-bond donors (Lipinski definition) is 2. The Morgan fingerprint density at radius 3 is 2.35 bits per heavy atom. The molecule has 0 saturated heterocycles. The topological polar surface area (TPSA) is 96.1 Å². The molecule has 31 heavy (non-hydrogen) atoms. The van der Waals surface area contributed by atoms with E-state index in [1.807, 2.05) is 61.5 Å². The number of benzene rings is 3. The lowest BCUT2D eigenvalue weighted by Crippen LogP contribution is -2.20. The van der Waals surface area contributed by atoms with Gasteiger partial charge in [0, 0.05) is 11.1 Å². The summed E-state index contributed by atoms with van der Waals surface area (Å²) in [6.45, 7) is 2.34. The van der Waals surface area contributed by atoms with Crippen LogP contribution in [0.2, 0.25) is 0 Å². The number of aryl methyl sites for hydroxylation is 1. The van der Waals surface area contributed by atoms with Crippen molar-refractivity contribution in [1.82, 2.24) is 4.57 Å². The summed E-state index contributed by atoms with van der Waals surface area (Å²) in [5, 5.41) is 21.4. The Morgan fingerprint density at radius 2 is 1.61 bits per heavy atom. The molecule has 2 amide bonds. The van der Waals surface area contributed by atoms with Gasteiger partial charge in [0.25, 0.3) is 0 Å². The van der Waals surface area contributed by atoms with E-state index in [2.05, 4.69) is 15.5 Å². The van der Waals surface area contributed by atoms with Gasteiger partial charge in [-0.25, -0.2) is 0 Å². The van der Waals surface area contributed by atoms with Crippen molar-refractivity contribution in [3.8, 4) is 5.88 Å². The molecule has 0 fully saturated rings. The zero-order chi connectivity index (χ0) is 21.8. The predicted molar refractivity (Wildman–Crippen MR) is 118 cm³/mol. The van der Waals surface area contributed by atoms with Crippen molar-refractivity contribution < 1.29 is 14.7 Å². The van der Waals surface area contributed by atoms with E-state index in [9.17, 15) is 14.7 Å². The average molecular weight is 412 g/mol. The number of aromatic hydroxyl groups is 1. The number of nitrogens with zero attached hydrogens (tertiary/aromatic N) is 3. The Kier molecular flexibility index (Phi) is 5.57. The van der Waals surface area contributed by atoms with Crippen molar-refractivity contribution in [2.75, 3.05) is 5.32 Å². The lowest BCUT2D eigenvalue weighted by atomic mass is 10.2. The maximum absolute atomic E-state index is 12.2. The van der Waals surface area contributed by atoms with E-state index in [1.54, 1.807) is 28.8 Å². The number of aromatic nitrogens is 1. The molecule has 0 saturated carbocycles. The minimum absolute atomic E-state index is 0.124. The number of hydrogen-bond acceptors (Lipinski definition) is 4. The van der Waals surface area contributed by atoms with Crippen LogP contribution in [0.1, 0.15) is 11.1 Å². The third-order valence-electron chi connectivity index (χ3n) is 4.85. The molecule has 0 atom stereocenters. The van der Waals surface area contributed by atoms with Gasteiger partial charge in [0.1, 0.15) is 0 Å². The summed E-state index contributed by atoms with van der Waals surface area (Å²) in [6, 6.07) is 24.0. The third-order valence-corrected chi connectivity index (χ3v) is 4.85. The maximum atomic E-state index is 12.2. The molecule has 0 unspecified atom stereocenters. The van der Waals surface area contributed by atoms with Crippen LogP contribution in [0, 0.1) is 6.92 Å². The molecule has 0 aliphatic heterocycles. The Bertz CT molecular complexity index is 1280. The smallest absolute Gasteiger partial charge is 0.353 e. The Morgan fingerprint density at radius 1 is 0.935 bits per heavy atom. The fraction of sp³-hybridized carbons (Fsp3) is 0.0833. The van der Waals surface area contributed by atoms with Crippen LogP contribution >= 0.6 is 0 Å². The molecule has 0 radical (unpaired) electrons. The number of fused-ring (bicyclic) bond motifs is 1. The molecule has 1 heterocycles.